The molecule has 0 saturated carbocycles. The largest absolute Gasteiger partial charge is 0.345 e. The van der Waals surface area contributed by atoms with Crippen molar-refractivity contribution in [3.63, 3.8) is 0 Å². The topological polar surface area (TPSA) is 42.0 Å². The molecule has 0 fully saturated rings. The van der Waals surface area contributed by atoms with Gasteiger partial charge < -0.3 is 5.32 Å². The Kier molecular flexibility index (Phi) is 4.41. The molecule has 0 aliphatic heterocycles. The van der Waals surface area contributed by atoms with Crippen LogP contribution in [0.2, 0.25) is 10.2 Å². The highest BCUT2D eigenvalue weighted by Crippen LogP contribution is 2.15. The zero-order chi connectivity index (χ0) is 11.3. The average Bonchev–Trinajstić information content (AvgIpc) is 2.17. The van der Waals surface area contributed by atoms with E-state index in [9.17, 15) is 4.79 Å². The SMILES string of the molecule is CC(=O)NCC#Cc1cc(Cl)cnc1Cl. The molecule has 1 aromatic heterocycles. The van der Waals surface area contributed by atoms with Gasteiger partial charge in [-0.1, -0.05) is 35.0 Å². The fourth-order valence-electron chi connectivity index (χ4n) is 0.818. The number of aromatic nitrogens is 1. The zero-order valence-corrected chi connectivity index (χ0v) is 9.49. The van der Waals surface area contributed by atoms with E-state index in [4.69, 9.17) is 23.2 Å². The molecule has 1 rings (SSSR count). The van der Waals surface area contributed by atoms with Crippen LogP contribution >= 0.6 is 23.2 Å². The lowest BCUT2D eigenvalue weighted by molar-refractivity contribution is -0.118. The molecular weight excluding hydrogens is 235 g/mol. The number of amides is 1. The van der Waals surface area contributed by atoms with Crippen molar-refractivity contribution in [3.8, 4) is 11.8 Å². The van der Waals surface area contributed by atoms with Crippen LogP contribution in [0.15, 0.2) is 12.3 Å². The van der Waals surface area contributed by atoms with Crippen molar-refractivity contribution in [2.75, 3.05) is 6.54 Å². The van der Waals surface area contributed by atoms with Crippen LogP contribution < -0.4 is 5.32 Å². The van der Waals surface area contributed by atoms with E-state index in [1.807, 2.05) is 0 Å². The average molecular weight is 243 g/mol. The van der Waals surface area contributed by atoms with E-state index in [0.29, 0.717) is 15.7 Å². The van der Waals surface area contributed by atoms with Crippen LogP contribution in [0.25, 0.3) is 0 Å². The molecule has 0 spiro atoms. The minimum atomic E-state index is -0.125. The second kappa shape index (κ2) is 5.59. The molecule has 1 amide bonds. The number of nitrogens with zero attached hydrogens (tertiary/aromatic N) is 1. The lowest BCUT2D eigenvalue weighted by Crippen LogP contribution is -2.19. The van der Waals surface area contributed by atoms with Crippen LogP contribution in [0.3, 0.4) is 0 Å². The smallest absolute Gasteiger partial charge is 0.217 e. The summed E-state index contributed by atoms with van der Waals surface area (Å²) < 4.78 is 0. The summed E-state index contributed by atoms with van der Waals surface area (Å²) in [4.78, 5) is 14.4. The third-order valence-corrected chi connectivity index (χ3v) is 1.96. The maximum Gasteiger partial charge on any atom is 0.217 e. The van der Waals surface area contributed by atoms with E-state index >= 15 is 0 Å². The van der Waals surface area contributed by atoms with Crippen LogP contribution in [-0.4, -0.2) is 17.4 Å². The number of hydrogen-bond donors (Lipinski definition) is 1. The highest BCUT2D eigenvalue weighted by molar-refractivity contribution is 6.32. The molecule has 3 nitrogen and oxygen atoms in total. The van der Waals surface area contributed by atoms with Crippen LogP contribution in [0, 0.1) is 11.8 Å². The molecule has 0 bridgehead atoms. The van der Waals surface area contributed by atoms with Crippen molar-refractivity contribution >= 4 is 29.1 Å². The molecule has 0 atom stereocenters. The summed E-state index contributed by atoms with van der Waals surface area (Å²) in [6.07, 6.45) is 1.45. The number of hydrogen-bond acceptors (Lipinski definition) is 2. The summed E-state index contributed by atoms with van der Waals surface area (Å²) in [6, 6.07) is 1.62. The number of carbonyl (C=O) groups is 1. The highest BCUT2D eigenvalue weighted by Gasteiger charge is 1.98. The van der Waals surface area contributed by atoms with Gasteiger partial charge in [-0.2, -0.15) is 0 Å². The van der Waals surface area contributed by atoms with Crippen molar-refractivity contribution in [1.29, 1.82) is 0 Å². The molecule has 1 heterocycles. The number of pyridine rings is 1. The van der Waals surface area contributed by atoms with E-state index in [0.717, 1.165) is 0 Å². The second-order valence-electron chi connectivity index (χ2n) is 2.70. The van der Waals surface area contributed by atoms with E-state index in [-0.39, 0.29) is 12.5 Å². The fraction of sp³-hybridized carbons (Fsp3) is 0.200. The fourth-order valence-corrected chi connectivity index (χ4v) is 1.13. The van der Waals surface area contributed by atoms with Crippen molar-refractivity contribution in [1.82, 2.24) is 10.3 Å². The van der Waals surface area contributed by atoms with Crippen LogP contribution in [-0.2, 0) is 4.79 Å². The summed E-state index contributed by atoms with van der Waals surface area (Å²) >= 11 is 11.5. The van der Waals surface area contributed by atoms with Gasteiger partial charge in [0.15, 0.2) is 0 Å². The Morgan fingerprint density at radius 2 is 2.33 bits per heavy atom. The van der Waals surface area contributed by atoms with E-state index in [1.54, 1.807) is 6.07 Å². The van der Waals surface area contributed by atoms with Crippen molar-refractivity contribution in [2.24, 2.45) is 0 Å². The zero-order valence-electron chi connectivity index (χ0n) is 7.97. The van der Waals surface area contributed by atoms with Gasteiger partial charge in [0.2, 0.25) is 5.91 Å². The highest BCUT2D eigenvalue weighted by atomic mass is 35.5. The molecule has 0 radical (unpaired) electrons. The summed E-state index contributed by atoms with van der Waals surface area (Å²) in [6.45, 7) is 1.70. The van der Waals surface area contributed by atoms with Gasteiger partial charge >= 0.3 is 0 Å². The van der Waals surface area contributed by atoms with Crippen LogP contribution in [0.1, 0.15) is 12.5 Å². The van der Waals surface area contributed by atoms with Crippen LogP contribution in [0.4, 0.5) is 0 Å². The molecule has 0 unspecified atom stereocenters. The second-order valence-corrected chi connectivity index (χ2v) is 3.50. The van der Waals surface area contributed by atoms with Gasteiger partial charge in [0, 0.05) is 13.1 Å². The molecule has 0 aromatic carbocycles. The Balaban J connectivity index is 2.71. The van der Waals surface area contributed by atoms with Gasteiger partial charge in [-0.15, -0.1) is 0 Å². The first-order chi connectivity index (χ1) is 7.09. The summed E-state index contributed by atoms with van der Waals surface area (Å²) in [5.41, 5.74) is 0.550. The summed E-state index contributed by atoms with van der Waals surface area (Å²) in [7, 11) is 0. The third kappa shape index (κ3) is 4.20. The number of nitrogens with one attached hydrogen (secondary N) is 1. The Morgan fingerprint density at radius 1 is 1.60 bits per heavy atom. The molecule has 1 aromatic rings. The summed E-state index contributed by atoms with van der Waals surface area (Å²) in [5, 5.41) is 3.32. The van der Waals surface area contributed by atoms with Crippen molar-refractivity contribution < 1.29 is 4.79 Å². The summed E-state index contributed by atoms with van der Waals surface area (Å²) in [5.74, 6) is 5.38. The molecule has 5 heteroatoms. The molecule has 0 saturated heterocycles. The Hall–Kier alpha value is -1.24. The van der Waals surface area contributed by atoms with Gasteiger partial charge in [-0.3, -0.25) is 4.79 Å². The van der Waals surface area contributed by atoms with Gasteiger partial charge in [0.1, 0.15) is 5.15 Å². The maximum atomic E-state index is 10.5. The van der Waals surface area contributed by atoms with E-state index < -0.39 is 0 Å². The number of rotatable bonds is 1. The number of halogens is 2. The van der Waals surface area contributed by atoms with Gasteiger partial charge in [0.05, 0.1) is 17.1 Å². The lowest BCUT2D eigenvalue weighted by Gasteiger charge is -1.95. The lowest BCUT2D eigenvalue weighted by atomic mass is 10.3. The van der Waals surface area contributed by atoms with Gasteiger partial charge in [-0.05, 0) is 6.07 Å². The standard InChI is InChI=1S/C10H8Cl2N2O/c1-7(15)13-4-2-3-8-5-9(11)6-14-10(8)12/h5-6H,4H2,1H3,(H,13,15). The minimum Gasteiger partial charge on any atom is -0.345 e. The monoisotopic (exact) mass is 242 g/mol. The van der Waals surface area contributed by atoms with Crippen molar-refractivity contribution in [2.45, 2.75) is 6.92 Å². The predicted molar refractivity (Wildman–Crippen MR) is 59.8 cm³/mol. The first-order valence-electron chi connectivity index (χ1n) is 4.14. The predicted octanol–water partition coefficient (Wildman–Crippen LogP) is 1.88. The number of carbonyl (C=O) groups excluding carboxylic acids is 1. The Morgan fingerprint density at radius 3 is 3.00 bits per heavy atom. The molecule has 0 aliphatic rings. The molecule has 15 heavy (non-hydrogen) atoms. The minimum absolute atomic E-state index is 0.125. The van der Waals surface area contributed by atoms with E-state index in [1.165, 1.54) is 13.1 Å². The van der Waals surface area contributed by atoms with E-state index in [2.05, 4.69) is 22.1 Å². The molecular formula is C10H8Cl2N2O. The molecule has 1 N–H and O–H groups in total. The Bertz CT molecular complexity index is 435. The Labute approximate surface area is 97.8 Å². The molecule has 0 aliphatic carbocycles. The first-order valence-corrected chi connectivity index (χ1v) is 4.89. The van der Waals surface area contributed by atoms with Gasteiger partial charge in [-0.25, -0.2) is 4.98 Å². The molecule has 78 valence electrons. The quantitative estimate of drug-likeness (QED) is 0.604. The van der Waals surface area contributed by atoms with Crippen LogP contribution in [0.5, 0.6) is 0 Å². The normalized spacial score (nSPS) is 9.00. The van der Waals surface area contributed by atoms with Gasteiger partial charge in [0.25, 0.3) is 0 Å². The third-order valence-electron chi connectivity index (χ3n) is 1.45. The van der Waals surface area contributed by atoms with Crippen molar-refractivity contribution in [3.05, 3.63) is 28.0 Å². The first kappa shape index (κ1) is 11.8. The maximum absolute atomic E-state index is 10.5.